The van der Waals surface area contributed by atoms with E-state index in [1.54, 1.807) is 0 Å². The summed E-state index contributed by atoms with van der Waals surface area (Å²) >= 11 is 0. The second-order valence-electron chi connectivity index (χ2n) is 5.33. The van der Waals surface area contributed by atoms with Gasteiger partial charge in [0.05, 0.1) is 5.92 Å². The molecule has 18 heavy (non-hydrogen) atoms. The largest absolute Gasteiger partial charge is 0.481 e. The lowest BCUT2D eigenvalue weighted by Crippen LogP contribution is -2.35. The lowest BCUT2D eigenvalue weighted by Gasteiger charge is -2.26. The Labute approximate surface area is 111 Å². The summed E-state index contributed by atoms with van der Waals surface area (Å²) in [5.74, 6) is -0.711. The Kier molecular flexibility index (Phi) is 7.74. The zero-order chi connectivity index (χ0) is 13.2. The fourth-order valence-corrected chi connectivity index (χ4v) is 2.62. The van der Waals surface area contributed by atoms with Gasteiger partial charge in [0, 0.05) is 6.04 Å². The van der Waals surface area contributed by atoms with E-state index in [9.17, 15) is 4.79 Å². The van der Waals surface area contributed by atoms with Crippen molar-refractivity contribution in [3.63, 3.8) is 0 Å². The second kappa shape index (κ2) is 9.15. The molecule has 0 aliphatic heterocycles. The number of hydrogen-bond donors (Lipinski definition) is 2. The maximum Gasteiger partial charge on any atom is 0.306 e. The number of carbonyl (C=O) groups is 1. The van der Waals surface area contributed by atoms with Gasteiger partial charge in [-0.1, -0.05) is 18.9 Å². The van der Waals surface area contributed by atoms with Crippen LogP contribution in [0.25, 0.3) is 0 Å². The Morgan fingerprint density at radius 2 is 1.83 bits per heavy atom. The van der Waals surface area contributed by atoms with Crippen LogP contribution in [-0.2, 0) is 4.79 Å². The Balaban J connectivity index is 1.94. The van der Waals surface area contributed by atoms with E-state index in [4.69, 9.17) is 5.11 Å². The smallest absolute Gasteiger partial charge is 0.306 e. The minimum Gasteiger partial charge on any atom is -0.481 e. The molecule has 1 saturated carbocycles. The minimum atomic E-state index is -0.615. The average Bonchev–Trinajstić information content (AvgIpc) is 2.38. The molecule has 0 bridgehead atoms. The molecule has 0 heterocycles. The summed E-state index contributed by atoms with van der Waals surface area (Å²) in [5.41, 5.74) is 0. The van der Waals surface area contributed by atoms with Crippen molar-refractivity contribution in [3.8, 4) is 0 Å². The third-order valence-electron chi connectivity index (χ3n) is 3.84. The number of hydrogen-bond acceptors (Lipinski definition) is 2. The Bertz CT molecular complexity index is 245. The standard InChI is InChI=1S/C15H27NO2/c1-2-3-4-5-6-7-12-16-14-10-8-13(9-11-14)15(17)18/h2,13-14,16H,1,3-12H2,(H,17,18). The zero-order valence-electron chi connectivity index (χ0n) is 11.4. The van der Waals surface area contributed by atoms with Gasteiger partial charge in [-0.3, -0.25) is 4.79 Å². The third kappa shape index (κ3) is 6.20. The van der Waals surface area contributed by atoms with Crippen molar-refractivity contribution >= 4 is 5.97 Å². The average molecular weight is 253 g/mol. The van der Waals surface area contributed by atoms with Crippen LogP contribution >= 0.6 is 0 Å². The molecule has 2 N–H and O–H groups in total. The predicted molar refractivity (Wildman–Crippen MR) is 74.7 cm³/mol. The van der Waals surface area contributed by atoms with Gasteiger partial charge in [-0.05, 0) is 51.5 Å². The van der Waals surface area contributed by atoms with E-state index in [0.717, 1.165) is 38.6 Å². The number of aliphatic carboxylic acids is 1. The van der Waals surface area contributed by atoms with Crippen molar-refractivity contribution in [2.75, 3.05) is 6.54 Å². The summed E-state index contributed by atoms with van der Waals surface area (Å²) in [4.78, 5) is 10.8. The van der Waals surface area contributed by atoms with E-state index in [0.29, 0.717) is 6.04 Å². The first-order valence-electron chi connectivity index (χ1n) is 7.31. The summed E-state index contributed by atoms with van der Waals surface area (Å²) < 4.78 is 0. The first-order chi connectivity index (χ1) is 8.74. The van der Waals surface area contributed by atoms with Crippen LogP contribution in [0, 0.1) is 5.92 Å². The molecule has 3 nitrogen and oxygen atoms in total. The molecule has 0 unspecified atom stereocenters. The fraction of sp³-hybridized carbons (Fsp3) is 0.800. The summed E-state index contributed by atoms with van der Waals surface area (Å²) in [6.45, 7) is 4.80. The van der Waals surface area contributed by atoms with Gasteiger partial charge in [0.2, 0.25) is 0 Å². The zero-order valence-corrected chi connectivity index (χ0v) is 11.4. The van der Waals surface area contributed by atoms with E-state index in [2.05, 4.69) is 11.9 Å². The fourth-order valence-electron chi connectivity index (χ4n) is 2.62. The first-order valence-corrected chi connectivity index (χ1v) is 7.31. The molecule has 1 rings (SSSR count). The van der Waals surface area contributed by atoms with E-state index in [1.165, 1.54) is 25.7 Å². The molecule has 1 aliphatic carbocycles. The van der Waals surface area contributed by atoms with E-state index in [-0.39, 0.29) is 5.92 Å². The topological polar surface area (TPSA) is 49.3 Å². The number of allylic oxidation sites excluding steroid dienone is 1. The lowest BCUT2D eigenvalue weighted by molar-refractivity contribution is -0.142. The number of nitrogens with one attached hydrogen (secondary N) is 1. The Hall–Kier alpha value is -0.830. The highest BCUT2D eigenvalue weighted by atomic mass is 16.4. The molecule has 1 fully saturated rings. The van der Waals surface area contributed by atoms with Crippen molar-refractivity contribution in [3.05, 3.63) is 12.7 Å². The van der Waals surface area contributed by atoms with Crippen molar-refractivity contribution < 1.29 is 9.90 Å². The molecule has 0 saturated heterocycles. The molecule has 0 radical (unpaired) electrons. The number of carboxylic acid groups (broad SMARTS) is 1. The number of unbranched alkanes of at least 4 members (excludes halogenated alkanes) is 4. The van der Waals surface area contributed by atoms with Crippen LogP contribution < -0.4 is 5.32 Å². The summed E-state index contributed by atoms with van der Waals surface area (Å²) in [6.07, 6.45) is 11.9. The monoisotopic (exact) mass is 253 g/mol. The molecular formula is C15H27NO2. The highest BCUT2D eigenvalue weighted by Crippen LogP contribution is 2.24. The van der Waals surface area contributed by atoms with Gasteiger partial charge in [-0.2, -0.15) is 0 Å². The summed E-state index contributed by atoms with van der Waals surface area (Å²) in [5, 5.41) is 12.5. The van der Waals surface area contributed by atoms with Crippen LogP contribution in [0.5, 0.6) is 0 Å². The SMILES string of the molecule is C=CCCCCCCNC1CCC(C(=O)O)CC1. The maximum absolute atomic E-state index is 10.8. The van der Waals surface area contributed by atoms with Gasteiger partial charge in [0.25, 0.3) is 0 Å². The number of rotatable bonds is 9. The summed E-state index contributed by atoms with van der Waals surface area (Å²) in [6, 6.07) is 0.550. The number of carboxylic acids is 1. The quantitative estimate of drug-likeness (QED) is 0.489. The van der Waals surface area contributed by atoms with Crippen LogP contribution in [0.4, 0.5) is 0 Å². The van der Waals surface area contributed by atoms with Gasteiger partial charge in [-0.15, -0.1) is 6.58 Å². The lowest BCUT2D eigenvalue weighted by atomic mass is 9.86. The van der Waals surface area contributed by atoms with Crippen molar-refractivity contribution in [1.82, 2.24) is 5.32 Å². The van der Waals surface area contributed by atoms with Crippen molar-refractivity contribution in [2.45, 2.75) is 63.8 Å². The molecule has 0 aromatic carbocycles. The first kappa shape index (κ1) is 15.2. The Morgan fingerprint density at radius 1 is 1.17 bits per heavy atom. The van der Waals surface area contributed by atoms with Crippen molar-refractivity contribution in [1.29, 1.82) is 0 Å². The van der Waals surface area contributed by atoms with Gasteiger partial charge in [0.15, 0.2) is 0 Å². The van der Waals surface area contributed by atoms with Crippen LogP contribution in [0.15, 0.2) is 12.7 Å². The molecule has 104 valence electrons. The molecule has 0 spiro atoms. The summed E-state index contributed by atoms with van der Waals surface area (Å²) in [7, 11) is 0. The van der Waals surface area contributed by atoms with E-state index >= 15 is 0 Å². The van der Waals surface area contributed by atoms with Crippen LogP contribution in [0.2, 0.25) is 0 Å². The van der Waals surface area contributed by atoms with Gasteiger partial charge in [0.1, 0.15) is 0 Å². The maximum atomic E-state index is 10.8. The Morgan fingerprint density at radius 3 is 2.44 bits per heavy atom. The molecule has 0 atom stereocenters. The normalized spacial score (nSPS) is 23.8. The van der Waals surface area contributed by atoms with Gasteiger partial charge in [-0.25, -0.2) is 0 Å². The van der Waals surface area contributed by atoms with Gasteiger partial charge < -0.3 is 10.4 Å². The highest BCUT2D eigenvalue weighted by molar-refractivity contribution is 5.70. The van der Waals surface area contributed by atoms with Crippen molar-refractivity contribution in [2.24, 2.45) is 5.92 Å². The molecule has 0 amide bonds. The molecule has 0 aromatic heterocycles. The molecule has 1 aliphatic rings. The minimum absolute atomic E-state index is 0.0954. The second-order valence-corrected chi connectivity index (χ2v) is 5.33. The van der Waals surface area contributed by atoms with Crippen LogP contribution in [0.3, 0.4) is 0 Å². The van der Waals surface area contributed by atoms with Crippen LogP contribution in [-0.4, -0.2) is 23.7 Å². The van der Waals surface area contributed by atoms with Crippen LogP contribution in [0.1, 0.15) is 57.8 Å². The molecule has 0 aromatic rings. The highest BCUT2D eigenvalue weighted by Gasteiger charge is 2.25. The molecule has 3 heteroatoms. The van der Waals surface area contributed by atoms with E-state index in [1.807, 2.05) is 6.08 Å². The molecular weight excluding hydrogens is 226 g/mol. The van der Waals surface area contributed by atoms with Gasteiger partial charge >= 0.3 is 5.97 Å². The predicted octanol–water partition coefficient (Wildman–Crippen LogP) is 3.36. The third-order valence-corrected chi connectivity index (χ3v) is 3.84. The van der Waals surface area contributed by atoms with E-state index < -0.39 is 5.97 Å².